The predicted octanol–water partition coefficient (Wildman–Crippen LogP) is 2.52. The van der Waals surface area contributed by atoms with E-state index in [4.69, 9.17) is 0 Å². The second-order valence-corrected chi connectivity index (χ2v) is 6.45. The van der Waals surface area contributed by atoms with Crippen molar-refractivity contribution in [3.8, 4) is 0 Å². The molecule has 1 aromatic heterocycles. The Balaban J connectivity index is 1.77. The van der Waals surface area contributed by atoms with Crippen molar-refractivity contribution in [2.45, 2.75) is 57.1 Å². The van der Waals surface area contributed by atoms with Crippen LogP contribution in [0.25, 0.3) is 0 Å². The Morgan fingerprint density at radius 2 is 2.21 bits per heavy atom. The van der Waals surface area contributed by atoms with Gasteiger partial charge in [0.1, 0.15) is 0 Å². The third-order valence-electron chi connectivity index (χ3n) is 3.55. The van der Waals surface area contributed by atoms with Gasteiger partial charge in [0.15, 0.2) is 0 Å². The first-order valence-electron chi connectivity index (χ1n) is 7.42. The van der Waals surface area contributed by atoms with Crippen LogP contribution in [-0.2, 0) is 0 Å². The van der Waals surface area contributed by atoms with Crippen LogP contribution in [0.15, 0.2) is 5.16 Å². The number of tetrazole rings is 1. The lowest BCUT2D eigenvalue weighted by Crippen LogP contribution is -2.23. The molecule has 1 aliphatic rings. The molecule has 5 nitrogen and oxygen atoms in total. The summed E-state index contributed by atoms with van der Waals surface area (Å²) in [5, 5.41) is 16.6. The molecule has 0 amide bonds. The van der Waals surface area contributed by atoms with Gasteiger partial charge >= 0.3 is 0 Å². The summed E-state index contributed by atoms with van der Waals surface area (Å²) >= 11 is 1.79. The maximum Gasteiger partial charge on any atom is 0.209 e. The minimum absolute atomic E-state index is 0.533. The van der Waals surface area contributed by atoms with Crippen LogP contribution in [0.2, 0.25) is 0 Å². The standard InChI is InChI=1S/C13H25N5S/c1-3-8-14-9-11(2)10-19-13-15-16-17-18(13)12-6-4-5-7-12/h11-12,14H,3-10H2,1-2H3. The molecule has 1 unspecified atom stereocenters. The Bertz CT molecular complexity index is 362. The maximum absolute atomic E-state index is 4.17. The third-order valence-corrected chi connectivity index (χ3v) is 4.81. The molecular weight excluding hydrogens is 258 g/mol. The van der Waals surface area contributed by atoms with Crippen LogP contribution in [0.3, 0.4) is 0 Å². The topological polar surface area (TPSA) is 55.6 Å². The highest BCUT2D eigenvalue weighted by Gasteiger charge is 2.21. The number of nitrogens with zero attached hydrogens (tertiary/aromatic N) is 4. The van der Waals surface area contributed by atoms with E-state index < -0.39 is 0 Å². The van der Waals surface area contributed by atoms with Crippen LogP contribution in [0.1, 0.15) is 52.0 Å². The van der Waals surface area contributed by atoms with Gasteiger partial charge in [0.25, 0.3) is 0 Å². The monoisotopic (exact) mass is 283 g/mol. The van der Waals surface area contributed by atoms with Gasteiger partial charge in [-0.3, -0.25) is 0 Å². The van der Waals surface area contributed by atoms with Gasteiger partial charge in [-0.25, -0.2) is 4.68 Å². The summed E-state index contributed by atoms with van der Waals surface area (Å²) in [5.74, 6) is 1.72. The summed E-state index contributed by atoms with van der Waals surface area (Å²) in [7, 11) is 0. The first-order valence-corrected chi connectivity index (χ1v) is 8.41. The molecule has 6 heteroatoms. The van der Waals surface area contributed by atoms with Crippen LogP contribution in [0, 0.1) is 5.92 Å². The Kier molecular flexibility index (Phi) is 6.10. The van der Waals surface area contributed by atoms with Crippen LogP contribution in [-0.4, -0.2) is 39.0 Å². The first kappa shape index (κ1) is 14.8. The summed E-state index contributed by atoms with van der Waals surface area (Å²) in [6.07, 6.45) is 6.27. The molecular formula is C13H25N5S. The van der Waals surface area contributed by atoms with E-state index in [0.29, 0.717) is 12.0 Å². The van der Waals surface area contributed by atoms with E-state index in [-0.39, 0.29) is 0 Å². The van der Waals surface area contributed by atoms with E-state index in [2.05, 4.69) is 34.7 Å². The Hall–Kier alpha value is -0.620. The van der Waals surface area contributed by atoms with Crippen molar-refractivity contribution >= 4 is 11.8 Å². The molecule has 1 aliphatic carbocycles. The van der Waals surface area contributed by atoms with Crippen LogP contribution in [0.4, 0.5) is 0 Å². The van der Waals surface area contributed by atoms with Crippen molar-refractivity contribution in [3.05, 3.63) is 0 Å². The van der Waals surface area contributed by atoms with Gasteiger partial charge in [-0.05, 0) is 48.7 Å². The van der Waals surface area contributed by atoms with E-state index in [1.807, 2.05) is 4.68 Å². The fourth-order valence-electron chi connectivity index (χ4n) is 2.46. The van der Waals surface area contributed by atoms with Gasteiger partial charge in [0.2, 0.25) is 5.16 Å². The zero-order chi connectivity index (χ0) is 13.5. The smallest absolute Gasteiger partial charge is 0.209 e. The molecule has 19 heavy (non-hydrogen) atoms. The van der Waals surface area contributed by atoms with Gasteiger partial charge in [-0.15, -0.1) is 5.10 Å². The average molecular weight is 283 g/mol. The SMILES string of the molecule is CCCNCC(C)CSc1nnnn1C1CCCC1. The number of hydrogen-bond donors (Lipinski definition) is 1. The zero-order valence-corrected chi connectivity index (χ0v) is 12.8. The fraction of sp³-hybridized carbons (Fsp3) is 0.923. The van der Waals surface area contributed by atoms with E-state index in [9.17, 15) is 0 Å². The van der Waals surface area contributed by atoms with Gasteiger partial charge in [0, 0.05) is 5.75 Å². The van der Waals surface area contributed by atoms with Crippen molar-refractivity contribution in [2.75, 3.05) is 18.8 Å². The number of aromatic nitrogens is 4. The Morgan fingerprint density at radius 3 is 2.95 bits per heavy atom. The molecule has 1 N–H and O–H groups in total. The molecule has 1 saturated carbocycles. The lowest BCUT2D eigenvalue weighted by molar-refractivity contribution is 0.422. The van der Waals surface area contributed by atoms with Gasteiger partial charge < -0.3 is 5.32 Å². The quantitative estimate of drug-likeness (QED) is 0.587. The molecule has 0 aliphatic heterocycles. The Labute approximate surface area is 119 Å². The number of rotatable bonds is 8. The molecule has 0 aromatic carbocycles. The molecule has 0 bridgehead atoms. The van der Waals surface area contributed by atoms with Crippen LogP contribution < -0.4 is 5.32 Å². The number of thioether (sulfide) groups is 1. The lowest BCUT2D eigenvalue weighted by Gasteiger charge is -2.13. The van der Waals surface area contributed by atoms with E-state index in [1.165, 1.54) is 32.1 Å². The molecule has 1 fully saturated rings. The summed E-state index contributed by atoms with van der Waals surface area (Å²) in [5.41, 5.74) is 0. The highest BCUT2D eigenvalue weighted by Crippen LogP contribution is 2.31. The molecule has 1 atom stereocenters. The summed E-state index contributed by atoms with van der Waals surface area (Å²) in [4.78, 5) is 0. The number of hydrogen-bond acceptors (Lipinski definition) is 5. The van der Waals surface area contributed by atoms with Gasteiger partial charge in [-0.1, -0.05) is 38.5 Å². The van der Waals surface area contributed by atoms with E-state index in [1.54, 1.807) is 11.8 Å². The first-order chi connectivity index (χ1) is 9.31. The van der Waals surface area contributed by atoms with E-state index in [0.717, 1.165) is 24.0 Å². The molecule has 0 spiro atoms. The lowest BCUT2D eigenvalue weighted by atomic mass is 10.2. The summed E-state index contributed by atoms with van der Waals surface area (Å²) in [6.45, 7) is 6.65. The Morgan fingerprint density at radius 1 is 1.42 bits per heavy atom. The van der Waals surface area contributed by atoms with Crippen molar-refractivity contribution in [1.82, 2.24) is 25.5 Å². The second-order valence-electron chi connectivity index (χ2n) is 5.46. The zero-order valence-electron chi connectivity index (χ0n) is 12.0. The van der Waals surface area contributed by atoms with Crippen LogP contribution >= 0.6 is 11.8 Å². The average Bonchev–Trinajstić information content (AvgIpc) is 3.07. The largest absolute Gasteiger partial charge is 0.316 e. The van der Waals surface area contributed by atoms with Gasteiger partial charge in [-0.2, -0.15) is 0 Å². The third kappa shape index (κ3) is 4.45. The second kappa shape index (κ2) is 7.85. The predicted molar refractivity (Wildman–Crippen MR) is 78.4 cm³/mol. The van der Waals surface area contributed by atoms with E-state index >= 15 is 0 Å². The van der Waals surface area contributed by atoms with Crippen molar-refractivity contribution in [3.63, 3.8) is 0 Å². The van der Waals surface area contributed by atoms with Crippen molar-refractivity contribution < 1.29 is 0 Å². The highest BCUT2D eigenvalue weighted by molar-refractivity contribution is 7.99. The fourth-order valence-corrected chi connectivity index (χ4v) is 3.42. The van der Waals surface area contributed by atoms with Crippen molar-refractivity contribution in [2.24, 2.45) is 5.92 Å². The molecule has 1 aromatic rings. The summed E-state index contributed by atoms with van der Waals surface area (Å²) in [6, 6.07) is 0.533. The molecule has 108 valence electrons. The maximum atomic E-state index is 4.17. The molecule has 0 radical (unpaired) electrons. The minimum atomic E-state index is 0.533. The molecule has 1 heterocycles. The highest BCUT2D eigenvalue weighted by atomic mass is 32.2. The molecule has 2 rings (SSSR count). The number of nitrogens with one attached hydrogen (secondary N) is 1. The minimum Gasteiger partial charge on any atom is -0.316 e. The van der Waals surface area contributed by atoms with Crippen LogP contribution in [0.5, 0.6) is 0 Å². The summed E-state index contributed by atoms with van der Waals surface area (Å²) < 4.78 is 2.05. The van der Waals surface area contributed by atoms with Crippen molar-refractivity contribution in [1.29, 1.82) is 0 Å². The normalized spacial score (nSPS) is 18.0. The molecule has 0 saturated heterocycles. The van der Waals surface area contributed by atoms with Gasteiger partial charge in [0.05, 0.1) is 6.04 Å².